The Balaban J connectivity index is 0.00000300. The van der Waals surface area contributed by atoms with Crippen LogP contribution in [0.25, 0.3) is 0 Å². The number of nitrogens with one attached hydrogen (secondary N) is 1. The van der Waals surface area contributed by atoms with Gasteiger partial charge < -0.3 is 19.7 Å². The van der Waals surface area contributed by atoms with Gasteiger partial charge in [0.25, 0.3) is 0 Å². The first-order valence-electron chi connectivity index (χ1n) is 9.54. The Labute approximate surface area is 183 Å². The number of hydrogen-bond donors (Lipinski definition) is 1. The molecule has 0 aliphatic carbocycles. The number of nitrogens with zero attached hydrogens (tertiary/aromatic N) is 2. The molecule has 1 aromatic carbocycles. The Kier molecular flexibility index (Phi) is 9.51. The Morgan fingerprint density at radius 2 is 2.03 bits per heavy atom. The van der Waals surface area contributed by atoms with E-state index in [1.54, 1.807) is 19.4 Å². The first-order chi connectivity index (χ1) is 13.7. The summed E-state index contributed by atoms with van der Waals surface area (Å²) < 4.78 is 11.3. The topological polar surface area (TPSA) is 63.7 Å². The van der Waals surface area contributed by atoms with Gasteiger partial charge >= 0.3 is 0 Å². The van der Waals surface area contributed by atoms with E-state index in [-0.39, 0.29) is 18.3 Å². The van der Waals surface area contributed by atoms with E-state index in [0.717, 1.165) is 50.1 Å². The Hall–Kier alpha value is -2.02. The minimum Gasteiger partial charge on any atom is -0.493 e. The van der Waals surface area contributed by atoms with E-state index in [1.807, 2.05) is 29.2 Å². The monoisotopic (exact) mass is 439 g/mol. The molecule has 2 aromatic rings. The third-order valence-electron chi connectivity index (χ3n) is 4.69. The van der Waals surface area contributed by atoms with Crippen LogP contribution < -0.4 is 14.8 Å². The molecule has 0 saturated carbocycles. The summed E-state index contributed by atoms with van der Waals surface area (Å²) in [6.45, 7) is 3.75. The fraction of sp³-hybridized carbons (Fsp3) is 0.429. The zero-order chi connectivity index (χ0) is 19.8. The van der Waals surface area contributed by atoms with Gasteiger partial charge in [-0.05, 0) is 43.1 Å². The second kappa shape index (κ2) is 11.9. The minimum atomic E-state index is 0. The van der Waals surface area contributed by atoms with Gasteiger partial charge in [-0.1, -0.05) is 23.7 Å². The summed E-state index contributed by atoms with van der Waals surface area (Å²) >= 11 is 5.80. The molecule has 29 heavy (non-hydrogen) atoms. The number of ether oxygens (including phenoxy) is 2. The third-order valence-corrected chi connectivity index (χ3v) is 4.92. The summed E-state index contributed by atoms with van der Waals surface area (Å²) in [4.78, 5) is 17.6. The van der Waals surface area contributed by atoms with Crippen molar-refractivity contribution in [3.63, 3.8) is 0 Å². The van der Waals surface area contributed by atoms with Crippen LogP contribution in [-0.4, -0.2) is 42.5 Å². The van der Waals surface area contributed by atoms with Gasteiger partial charge in [-0.2, -0.15) is 0 Å². The molecular formula is C21H27Cl2N3O3. The van der Waals surface area contributed by atoms with Crippen molar-refractivity contribution in [2.24, 2.45) is 0 Å². The minimum absolute atomic E-state index is 0. The Morgan fingerprint density at radius 3 is 2.72 bits per heavy atom. The normalized spacial score (nSPS) is 13.3. The van der Waals surface area contributed by atoms with Crippen molar-refractivity contribution >= 4 is 29.9 Å². The first kappa shape index (κ1) is 23.3. The van der Waals surface area contributed by atoms with Gasteiger partial charge in [0.15, 0.2) is 11.5 Å². The second-order valence-corrected chi connectivity index (χ2v) is 7.16. The van der Waals surface area contributed by atoms with E-state index in [1.165, 1.54) is 0 Å². The van der Waals surface area contributed by atoms with E-state index in [9.17, 15) is 4.79 Å². The molecule has 1 N–H and O–H groups in total. The van der Waals surface area contributed by atoms with Crippen molar-refractivity contribution in [3.8, 4) is 11.5 Å². The molecule has 6 nitrogen and oxygen atoms in total. The summed E-state index contributed by atoms with van der Waals surface area (Å²) in [5.74, 6) is 1.67. The number of halogens is 2. The van der Waals surface area contributed by atoms with Crippen molar-refractivity contribution in [2.45, 2.75) is 32.4 Å². The molecule has 0 spiro atoms. The fourth-order valence-electron chi connectivity index (χ4n) is 3.16. The highest BCUT2D eigenvalue weighted by Gasteiger charge is 2.18. The van der Waals surface area contributed by atoms with Crippen LogP contribution in [0, 0.1) is 0 Å². The molecule has 1 aliphatic rings. The average Bonchev–Trinajstić information content (AvgIpc) is 3.12. The van der Waals surface area contributed by atoms with Crippen molar-refractivity contribution in [1.82, 2.24) is 15.2 Å². The van der Waals surface area contributed by atoms with E-state index in [2.05, 4.69) is 10.3 Å². The molecule has 0 bridgehead atoms. The molecular weight excluding hydrogens is 413 g/mol. The maximum Gasteiger partial charge on any atom is 0.222 e. The highest BCUT2D eigenvalue weighted by Crippen LogP contribution is 2.29. The lowest BCUT2D eigenvalue weighted by atomic mass is 10.2. The molecule has 1 fully saturated rings. The summed E-state index contributed by atoms with van der Waals surface area (Å²) in [7, 11) is 1.64. The molecule has 2 heterocycles. The van der Waals surface area contributed by atoms with Crippen LogP contribution >= 0.6 is 24.0 Å². The van der Waals surface area contributed by atoms with Crippen molar-refractivity contribution in [1.29, 1.82) is 0 Å². The second-order valence-electron chi connectivity index (χ2n) is 6.78. The van der Waals surface area contributed by atoms with E-state index < -0.39 is 0 Å². The highest BCUT2D eigenvalue weighted by atomic mass is 35.5. The molecule has 1 saturated heterocycles. The van der Waals surface area contributed by atoms with E-state index >= 15 is 0 Å². The van der Waals surface area contributed by atoms with Crippen LogP contribution in [0.1, 0.15) is 30.4 Å². The van der Waals surface area contributed by atoms with Crippen LogP contribution in [0.3, 0.4) is 0 Å². The predicted octanol–water partition coefficient (Wildman–Crippen LogP) is 3.85. The van der Waals surface area contributed by atoms with Gasteiger partial charge in [0.2, 0.25) is 5.91 Å². The molecule has 8 heteroatoms. The molecule has 3 rings (SSSR count). The summed E-state index contributed by atoms with van der Waals surface area (Å²) in [6, 6.07) is 9.55. The van der Waals surface area contributed by atoms with Gasteiger partial charge in [0.05, 0.1) is 7.11 Å². The summed E-state index contributed by atoms with van der Waals surface area (Å²) in [5.41, 5.74) is 2.06. The number of benzene rings is 1. The van der Waals surface area contributed by atoms with Gasteiger partial charge in [-0.3, -0.25) is 4.79 Å². The van der Waals surface area contributed by atoms with Gasteiger partial charge in [0.1, 0.15) is 11.8 Å². The lowest BCUT2D eigenvalue weighted by Gasteiger charge is -2.15. The van der Waals surface area contributed by atoms with Crippen molar-refractivity contribution in [2.75, 3.05) is 26.7 Å². The first-order valence-corrected chi connectivity index (χ1v) is 9.92. The maximum absolute atomic E-state index is 11.6. The highest BCUT2D eigenvalue weighted by molar-refractivity contribution is 6.29. The smallest absolute Gasteiger partial charge is 0.222 e. The van der Waals surface area contributed by atoms with Crippen LogP contribution in [0.5, 0.6) is 11.5 Å². The zero-order valence-corrected chi connectivity index (χ0v) is 18.1. The molecule has 0 radical (unpaired) electrons. The fourth-order valence-corrected chi connectivity index (χ4v) is 3.27. The largest absolute Gasteiger partial charge is 0.493 e. The van der Waals surface area contributed by atoms with Crippen LogP contribution in [0.4, 0.5) is 0 Å². The summed E-state index contributed by atoms with van der Waals surface area (Å²) in [5, 5.41) is 3.88. The number of rotatable bonds is 10. The van der Waals surface area contributed by atoms with Crippen LogP contribution in [0.15, 0.2) is 36.5 Å². The number of aromatic nitrogens is 1. The number of amides is 1. The molecule has 1 aromatic heterocycles. The van der Waals surface area contributed by atoms with Crippen molar-refractivity contribution < 1.29 is 14.3 Å². The lowest BCUT2D eigenvalue weighted by molar-refractivity contribution is -0.127. The van der Waals surface area contributed by atoms with Crippen molar-refractivity contribution in [3.05, 3.63) is 52.8 Å². The average molecular weight is 440 g/mol. The van der Waals surface area contributed by atoms with Gasteiger partial charge in [0, 0.05) is 37.8 Å². The van der Waals surface area contributed by atoms with E-state index in [4.69, 9.17) is 21.1 Å². The zero-order valence-electron chi connectivity index (χ0n) is 16.5. The Bertz CT molecular complexity index is 787. The SMILES string of the molecule is COc1cc(CNCCCN2CCCC2=O)ccc1OCc1ccc(Cl)nc1.Cl. The van der Waals surface area contributed by atoms with Crippen LogP contribution in [0.2, 0.25) is 5.15 Å². The Morgan fingerprint density at radius 1 is 1.21 bits per heavy atom. The maximum atomic E-state index is 11.6. The lowest BCUT2D eigenvalue weighted by Crippen LogP contribution is -2.28. The van der Waals surface area contributed by atoms with Gasteiger partial charge in [-0.15, -0.1) is 12.4 Å². The number of hydrogen-bond acceptors (Lipinski definition) is 5. The molecule has 1 aliphatic heterocycles. The number of carbonyl (C=O) groups excluding carboxylic acids is 1. The van der Waals surface area contributed by atoms with Gasteiger partial charge in [-0.25, -0.2) is 4.98 Å². The number of carbonyl (C=O) groups is 1. The quantitative estimate of drug-likeness (QED) is 0.449. The molecule has 0 unspecified atom stereocenters. The van der Waals surface area contributed by atoms with E-state index in [0.29, 0.717) is 29.7 Å². The standard InChI is InChI=1S/C21H26ClN3O3.ClH/c1-27-19-12-16(13-23-9-3-11-25-10-2-4-21(25)26)5-7-18(19)28-15-17-6-8-20(22)24-14-17;/h5-8,12,14,23H,2-4,9-11,13,15H2,1H3;1H. The third kappa shape index (κ3) is 7.07. The number of pyridine rings is 1. The predicted molar refractivity (Wildman–Crippen MR) is 116 cm³/mol. The number of methoxy groups -OCH3 is 1. The molecule has 0 atom stereocenters. The van der Waals surface area contributed by atoms with Crippen LogP contribution in [-0.2, 0) is 17.9 Å². The number of likely N-dealkylation sites (tertiary alicyclic amines) is 1. The molecule has 1 amide bonds. The molecule has 158 valence electrons. The summed E-state index contributed by atoms with van der Waals surface area (Å²) in [6.07, 6.45) is 4.35.